The van der Waals surface area contributed by atoms with Crippen LogP contribution >= 0.6 is 34.8 Å². The Labute approximate surface area is 73.7 Å². The molecule has 10 heavy (non-hydrogen) atoms. The summed E-state index contributed by atoms with van der Waals surface area (Å²) in [6, 6.07) is 0. The van der Waals surface area contributed by atoms with Crippen molar-refractivity contribution < 1.29 is 9.53 Å². The fraction of sp³-hybridized carbons (Fsp3) is 0.400. The van der Waals surface area contributed by atoms with Crippen LogP contribution in [0.3, 0.4) is 0 Å². The number of rotatable bonds is 2. The number of methoxy groups -OCH3 is 1. The van der Waals surface area contributed by atoms with Crippen LogP contribution in [0.15, 0.2) is 9.52 Å². The summed E-state index contributed by atoms with van der Waals surface area (Å²) in [5, 5.41) is 0.0928. The Kier molecular flexibility index (Phi) is 4.87. The molecular weight excluding hydrogens is 198 g/mol. The first-order valence-electron chi connectivity index (χ1n) is 2.34. The third-order valence-corrected chi connectivity index (χ3v) is 1.70. The quantitative estimate of drug-likeness (QED) is 0.644. The average Bonchev–Trinajstić information content (AvgIpc) is 1.87. The molecule has 0 amide bonds. The summed E-state index contributed by atoms with van der Waals surface area (Å²) >= 11 is 15.9. The molecule has 0 aromatic heterocycles. The van der Waals surface area contributed by atoms with Crippen LogP contribution in [0.2, 0.25) is 0 Å². The topological polar surface area (TPSA) is 26.3 Å². The van der Waals surface area contributed by atoms with E-state index >= 15 is 0 Å². The van der Waals surface area contributed by atoms with Gasteiger partial charge >= 0.3 is 5.97 Å². The summed E-state index contributed by atoms with van der Waals surface area (Å²) in [6.45, 7) is 0. The largest absolute Gasteiger partial charge is 0.469 e. The lowest BCUT2D eigenvalue weighted by Gasteiger charge is -1.96. The van der Waals surface area contributed by atoms with Crippen LogP contribution in [-0.2, 0) is 9.53 Å². The Morgan fingerprint density at radius 1 is 1.40 bits per heavy atom. The van der Waals surface area contributed by atoms with Crippen LogP contribution in [0.1, 0.15) is 6.42 Å². The van der Waals surface area contributed by atoms with Crippen molar-refractivity contribution in [2.75, 3.05) is 7.11 Å². The maximum absolute atomic E-state index is 10.5. The second-order valence-electron chi connectivity index (χ2n) is 1.42. The zero-order valence-electron chi connectivity index (χ0n) is 5.16. The van der Waals surface area contributed by atoms with Gasteiger partial charge in [-0.2, -0.15) is 0 Å². The highest BCUT2D eigenvalue weighted by molar-refractivity contribution is 6.59. The monoisotopic (exact) mass is 202 g/mol. The highest BCUT2D eigenvalue weighted by Crippen LogP contribution is 2.20. The molecular formula is C5H5Cl3O2. The van der Waals surface area contributed by atoms with E-state index in [1.165, 1.54) is 7.11 Å². The third-order valence-electron chi connectivity index (χ3n) is 0.732. The molecule has 0 rings (SSSR count). The van der Waals surface area contributed by atoms with E-state index in [1.807, 2.05) is 0 Å². The van der Waals surface area contributed by atoms with Crippen LogP contribution in [0, 0.1) is 0 Å². The molecule has 0 radical (unpaired) electrons. The molecule has 0 aromatic carbocycles. The number of carbonyl (C=O) groups is 1. The molecule has 0 saturated heterocycles. The molecule has 0 atom stereocenters. The van der Waals surface area contributed by atoms with Gasteiger partial charge in [0.15, 0.2) is 0 Å². The molecule has 0 aliphatic heterocycles. The van der Waals surface area contributed by atoms with Crippen molar-refractivity contribution in [2.45, 2.75) is 6.42 Å². The number of ether oxygens (including phenoxy) is 1. The molecule has 0 saturated carbocycles. The molecule has 0 fully saturated rings. The zero-order chi connectivity index (χ0) is 8.15. The molecule has 0 spiro atoms. The molecule has 2 nitrogen and oxygen atoms in total. The zero-order valence-corrected chi connectivity index (χ0v) is 7.43. The Balaban J connectivity index is 3.92. The van der Waals surface area contributed by atoms with Gasteiger partial charge in [-0.1, -0.05) is 34.8 Å². The minimum absolute atomic E-state index is 0.0829. The lowest BCUT2D eigenvalue weighted by Crippen LogP contribution is -1.99. The molecule has 0 heterocycles. The molecule has 0 aliphatic rings. The van der Waals surface area contributed by atoms with E-state index < -0.39 is 5.97 Å². The Morgan fingerprint density at radius 2 is 1.90 bits per heavy atom. The second kappa shape index (κ2) is 4.83. The van der Waals surface area contributed by atoms with E-state index in [-0.39, 0.29) is 15.9 Å². The van der Waals surface area contributed by atoms with Gasteiger partial charge < -0.3 is 4.74 Å². The average molecular weight is 203 g/mol. The van der Waals surface area contributed by atoms with Crippen molar-refractivity contribution in [1.29, 1.82) is 0 Å². The summed E-state index contributed by atoms with van der Waals surface area (Å²) < 4.78 is 4.19. The van der Waals surface area contributed by atoms with E-state index in [4.69, 9.17) is 34.8 Å². The molecule has 0 aliphatic carbocycles. The molecule has 0 unspecified atom stereocenters. The highest BCUT2D eigenvalue weighted by Gasteiger charge is 2.05. The van der Waals surface area contributed by atoms with Crippen molar-refractivity contribution in [3.63, 3.8) is 0 Å². The van der Waals surface area contributed by atoms with Gasteiger partial charge in [-0.15, -0.1) is 0 Å². The van der Waals surface area contributed by atoms with Gasteiger partial charge in [0.05, 0.1) is 18.6 Å². The Morgan fingerprint density at radius 3 is 2.20 bits per heavy atom. The van der Waals surface area contributed by atoms with Gasteiger partial charge in [-0.25, -0.2) is 0 Å². The fourth-order valence-corrected chi connectivity index (χ4v) is 0.508. The highest BCUT2D eigenvalue weighted by atomic mass is 35.5. The number of hydrogen-bond donors (Lipinski definition) is 0. The van der Waals surface area contributed by atoms with Gasteiger partial charge in [-0.3, -0.25) is 4.79 Å². The first-order chi connectivity index (χ1) is 4.57. The number of hydrogen-bond acceptors (Lipinski definition) is 2. The normalized spacial score (nSPS) is 8.80. The SMILES string of the molecule is COC(=O)CC(Cl)=C(Cl)Cl. The molecule has 58 valence electrons. The summed E-state index contributed by atoms with van der Waals surface area (Å²) in [5.41, 5.74) is 0. The van der Waals surface area contributed by atoms with Crippen LogP contribution in [0.5, 0.6) is 0 Å². The van der Waals surface area contributed by atoms with E-state index in [0.717, 1.165) is 0 Å². The molecule has 5 heteroatoms. The summed E-state index contributed by atoms with van der Waals surface area (Å²) in [7, 11) is 1.26. The maximum Gasteiger partial charge on any atom is 0.310 e. The van der Waals surface area contributed by atoms with Crippen molar-refractivity contribution in [3.05, 3.63) is 9.52 Å². The third kappa shape index (κ3) is 3.99. The van der Waals surface area contributed by atoms with Crippen molar-refractivity contribution >= 4 is 40.8 Å². The first-order valence-corrected chi connectivity index (χ1v) is 3.47. The Bertz CT molecular complexity index is 160. The summed E-state index contributed by atoms with van der Waals surface area (Å²) in [5.74, 6) is -0.469. The van der Waals surface area contributed by atoms with Crippen molar-refractivity contribution in [3.8, 4) is 0 Å². The van der Waals surface area contributed by atoms with Gasteiger partial charge in [0.2, 0.25) is 0 Å². The fourth-order valence-electron chi connectivity index (χ4n) is 0.266. The van der Waals surface area contributed by atoms with E-state index in [0.29, 0.717) is 0 Å². The minimum atomic E-state index is -0.469. The van der Waals surface area contributed by atoms with Crippen molar-refractivity contribution in [1.82, 2.24) is 0 Å². The standard InChI is InChI=1S/C5H5Cl3O2/c1-10-4(9)2-3(6)5(7)8/h2H2,1H3. The maximum atomic E-state index is 10.5. The predicted octanol–water partition coefficient (Wildman–Crippen LogP) is 2.44. The second-order valence-corrected chi connectivity index (χ2v) is 2.82. The number of halogens is 3. The summed E-state index contributed by atoms with van der Waals surface area (Å²) in [4.78, 5) is 10.5. The van der Waals surface area contributed by atoms with Crippen LogP contribution in [0.4, 0.5) is 0 Å². The minimum Gasteiger partial charge on any atom is -0.469 e. The summed E-state index contributed by atoms with van der Waals surface area (Å²) in [6.07, 6.45) is -0.0829. The van der Waals surface area contributed by atoms with Crippen LogP contribution < -0.4 is 0 Å². The first kappa shape index (κ1) is 10.1. The Hall–Kier alpha value is 0.0800. The van der Waals surface area contributed by atoms with E-state index in [2.05, 4.69) is 4.74 Å². The lowest BCUT2D eigenvalue weighted by molar-refractivity contribution is -0.139. The predicted molar refractivity (Wildman–Crippen MR) is 41.2 cm³/mol. The van der Waals surface area contributed by atoms with E-state index in [9.17, 15) is 4.79 Å². The van der Waals surface area contributed by atoms with Gasteiger partial charge in [0.1, 0.15) is 4.49 Å². The number of carbonyl (C=O) groups excluding carboxylic acids is 1. The van der Waals surface area contributed by atoms with Gasteiger partial charge in [0, 0.05) is 0 Å². The smallest absolute Gasteiger partial charge is 0.310 e. The van der Waals surface area contributed by atoms with Crippen molar-refractivity contribution in [2.24, 2.45) is 0 Å². The van der Waals surface area contributed by atoms with Crippen LogP contribution in [0.25, 0.3) is 0 Å². The lowest BCUT2D eigenvalue weighted by atomic mass is 10.4. The molecule has 0 bridgehead atoms. The van der Waals surface area contributed by atoms with Crippen LogP contribution in [-0.4, -0.2) is 13.1 Å². The molecule has 0 aromatic rings. The van der Waals surface area contributed by atoms with Gasteiger partial charge in [0.25, 0.3) is 0 Å². The van der Waals surface area contributed by atoms with Gasteiger partial charge in [-0.05, 0) is 0 Å². The van der Waals surface area contributed by atoms with E-state index in [1.54, 1.807) is 0 Å². The molecule has 0 N–H and O–H groups in total. The number of esters is 1.